The zero-order valence-electron chi connectivity index (χ0n) is 13.2. The lowest BCUT2D eigenvalue weighted by Crippen LogP contribution is -2.43. The van der Waals surface area contributed by atoms with Crippen LogP contribution in [0.5, 0.6) is 0 Å². The summed E-state index contributed by atoms with van der Waals surface area (Å²) >= 11 is 3.65. The minimum atomic E-state index is 0.182. The van der Waals surface area contributed by atoms with E-state index >= 15 is 0 Å². The normalized spacial score (nSPS) is 13.4. The Labute approximate surface area is 135 Å². The minimum Gasteiger partial charge on any atom is -0.336 e. The van der Waals surface area contributed by atoms with Gasteiger partial charge >= 0.3 is 0 Å². The average molecular weight is 350 g/mol. The van der Waals surface area contributed by atoms with E-state index in [-0.39, 0.29) is 5.41 Å². The fourth-order valence-corrected chi connectivity index (χ4v) is 2.91. The van der Waals surface area contributed by atoms with Crippen molar-refractivity contribution in [1.29, 1.82) is 0 Å². The Kier molecular flexibility index (Phi) is 5.22. The van der Waals surface area contributed by atoms with Gasteiger partial charge in [-0.05, 0) is 29.5 Å². The first-order valence-corrected chi connectivity index (χ1v) is 8.10. The Morgan fingerprint density at radius 1 is 1.33 bits per heavy atom. The van der Waals surface area contributed by atoms with Crippen LogP contribution in [0.3, 0.4) is 0 Å². The third-order valence-electron chi connectivity index (χ3n) is 3.75. The van der Waals surface area contributed by atoms with Crippen molar-refractivity contribution in [2.45, 2.75) is 46.8 Å². The summed E-state index contributed by atoms with van der Waals surface area (Å²) in [5.74, 6) is 0. The Morgan fingerprint density at radius 2 is 2.10 bits per heavy atom. The zero-order chi connectivity index (χ0) is 15.5. The molecule has 0 fully saturated rings. The monoisotopic (exact) mass is 349 g/mol. The van der Waals surface area contributed by atoms with E-state index in [2.05, 4.69) is 76.7 Å². The van der Waals surface area contributed by atoms with E-state index in [0.29, 0.717) is 6.04 Å². The number of benzene rings is 1. The first-order chi connectivity index (χ1) is 9.86. The molecule has 3 nitrogen and oxygen atoms in total. The Morgan fingerprint density at radius 3 is 2.67 bits per heavy atom. The highest BCUT2D eigenvalue weighted by Crippen LogP contribution is 2.23. The molecule has 114 valence electrons. The second-order valence-electron chi connectivity index (χ2n) is 6.65. The molecule has 1 aromatic heterocycles. The maximum atomic E-state index is 4.13. The van der Waals surface area contributed by atoms with E-state index in [1.807, 2.05) is 18.7 Å². The fourth-order valence-electron chi connectivity index (χ4n) is 2.28. The van der Waals surface area contributed by atoms with Gasteiger partial charge in [0.25, 0.3) is 0 Å². The molecule has 0 aliphatic carbocycles. The van der Waals surface area contributed by atoms with Gasteiger partial charge in [-0.2, -0.15) is 0 Å². The van der Waals surface area contributed by atoms with Gasteiger partial charge in [0.15, 0.2) is 0 Å². The quantitative estimate of drug-likeness (QED) is 0.878. The third kappa shape index (κ3) is 4.68. The summed E-state index contributed by atoms with van der Waals surface area (Å²) < 4.78 is 3.30. The molecule has 1 heterocycles. The van der Waals surface area contributed by atoms with Gasteiger partial charge in [0.1, 0.15) is 0 Å². The summed E-state index contributed by atoms with van der Waals surface area (Å²) in [6.07, 6.45) is 5.72. The molecular weight excluding hydrogens is 326 g/mol. The summed E-state index contributed by atoms with van der Waals surface area (Å²) in [7, 11) is 0. The predicted molar refractivity (Wildman–Crippen MR) is 91.2 cm³/mol. The molecule has 1 aromatic carbocycles. The van der Waals surface area contributed by atoms with Crippen LogP contribution in [0.25, 0.3) is 0 Å². The van der Waals surface area contributed by atoms with Gasteiger partial charge in [-0.15, -0.1) is 0 Å². The van der Waals surface area contributed by atoms with E-state index < -0.39 is 0 Å². The van der Waals surface area contributed by atoms with Crippen molar-refractivity contribution in [3.05, 3.63) is 52.5 Å². The van der Waals surface area contributed by atoms with Crippen molar-refractivity contribution in [2.75, 3.05) is 0 Å². The molecule has 2 aromatic rings. The maximum Gasteiger partial charge on any atom is 0.0946 e. The third-order valence-corrected chi connectivity index (χ3v) is 4.48. The number of nitrogens with zero attached hydrogens (tertiary/aromatic N) is 2. The number of hydrogen-bond donors (Lipinski definition) is 1. The van der Waals surface area contributed by atoms with Crippen LogP contribution in [-0.2, 0) is 13.1 Å². The van der Waals surface area contributed by atoms with Gasteiger partial charge in [0, 0.05) is 36.0 Å². The Bertz CT molecular complexity index is 570. The number of hydrogen-bond acceptors (Lipinski definition) is 2. The highest BCUT2D eigenvalue weighted by atomic mass is 79.9. The molecule has 4 heteroatoms. The topological polar surface area (TPSA) is 29.9 Å². The summed E-state index contributed by atoms with van der Waals surface area (Å²) in [4.78, 5) is 4.13. The molecule has 0 amide bonds. The number of aryl methyl sites for hydroxylation is 1. The molecule has 0 saturated carbocycles. The van der Waals surface area contributed by atoms with Gasteiger partial charge < -0.3 is 9.88 Å². The Hall–Kier alpha value is -1.13. The van der Waals surface area contributed by atoms with E-state index in [4.69, 9.17) is 0 Å². The predicted octanol–water partition coefficient (Wildman–Crippen LogP) is 4.16. The van der Waals surface area contributed by atoms with Crippen LogP contribution in [0.1, 0.15) is 31.9 Å². The number of imidazole rings is 1. The summed E-state index contributed by atoms with van der Waals surface area (Å²) in [5, 5.41) is 3.70. The van der Waals surface area contributed by atoms with Crippen molar-refractivity contribution < 1.29 is 0 Å². The van der Waals surface area contributed by atoms with E-state index in [0.717, 1.165) is 13.1 Å². The first kappa shape index (κ1) is 16.2. The van der Waals surface area contributed by atoms with Crippen LogP contribution < -0.4 is 5.32 Å². The molecular formula is C17H24BrN3. The van der Waals surface area contributed by atoms with Crippen molar-refractivity contribution >= 4 is 15.9 Å². The molecule has 1 atom stereocenters. The minimum absolute atomic E-state index is 0.182. The highest BCUT2D eigenvalue weighted by Gasteiger charge is 2.24. The van der Waals surface area contributed by atoms with E-state index in [1.165, 1.54) is 15.6 Å². The van der Waals surface area contributed by atoms with Crippen LogP contribution in [-0.4, -0.2) is 15.6 Å². The van der Waals surface area contributed by atoms with Gasteiger partial charge in [-0.1, -0.05) is 48.8 Å². The molecule has 0 saturated heterocycles. The molecule has 0 radical (unpaired) electrons. The Balaban J connectivity index is 2.05. The van der Waals surface area contributed by atoms with Crippen LogP contribution >= 0.6 is 15.9 Å². The van der Waals surface area contributed by atoms with Crippen LogP contribution in [0.15, 0.2) is 41.4 Å². The number of nitrogens with one attached hydrogen (secondary N) is 1. The molecule has 0 aliphatic rings. The highest BCUT2D eigenvalue weighted by molar-refractivity contribution is 9.10. The standard InChI is InChI=1S/C17H24BrN3/c1-13-5-6-14(15(18)9-13)10-20-16(17(2,3)4)11-21-8-7-19-12-21/h5-9,12,16,20H,10-11H2,1-4H3. The van der Waals surface area contributed by atoms with Crippen molar-refractivity contribution in [2.24, 2.45) is 5.41 Å². The summed E-state index contributed by atoms with van der Waals surface area (Å²) in [6.45, 7) is 10.7. The summed E-state index contributed by atoms with van der Waals surface area (Å²) in [5.41, 5.74) is 2.75. The van der Waals surface area contributed by atoms with Gasteiger partial charge in [-0.25, -0.2) is 4.98 Å². The van der Waals surface area contributed by atoms with Crippen molar-refractivity contribution in [3.63, 3.8) is 0 Å². The van der Waals surface area contributed by atoms with Crippen molar-refractivity contribution in [1.82, 2.24) is 14.9 Å². The lowest BCUT2D eigenvalue weighted by Gasteiger charge is -2.32. The van der Waals surface area contributed by atoms with Gasteiger partial charge in [0.05, 0.1) is 6.33 Å². The van der Waals surface area contributed by atoms with Crippen LogP contribution in [0.4, 0.5) is 0 Å². The largest absolute Gasteiger partial charge is 0.336 e. The average Bonchev–Trinajstić information content (AvgIpc) is 2.87. The molecule has 2 rings (SSSR count). The molecule has 0 aliphatic heterocycles. The molecule has 1 unspecified atom stereocenters. The molecule has 1 N–H and O–H groups in total. The molecule has 0 spiro atoms. The number of halogens is 1. The summed E-state index contributed by atoms with van der Waals surface area (Å²) in [6, 6.07) is 6.88. The van der Waals surface area contributed by atoms with Crippen LogP contribution in [0.2, 0.25) is 0 Å². The van der Waals surface area contributed by atoms with E-state index in [9.17, 15) is 0 Å². The SMILES string of the molecule is Cc1ccc(CNC(Cn2ccnc2)C(C)(C)C)c(Br)c1. The molecule has 0 bridgehead atoms. The van der Waals surface area contributed by atoms with Crippen molar-refractivity contribution in [3.8, 4) is 0 Å². The number of rotatable bonds is 5. The first-order valence-electron chi connectivity index (χ1n) is 7.30. The van der Waals surface area contributed by atoms with E-state index in [1.54, 1.807) is 0 Å². The van der Waals surface area contributed by atoms with Gasteiger partial charge in [0.2, 0.25) is 0 Å². The maximum absolute atomic E-state index is 4.13. The molecule has 21 heavy (non-hydrogen) atoms. The number of aromatic nitrogens is 2. The second-order valence-corrected chi connectivity index (χ2v) is 7.51. The lowest BCUT2D eigenvalue weighted by atomic mass is 9.86. The lowest BCUT2D eigenvalue weighted by molar-refractivity contribution is 0.240. The van der Waals surface area contributed by atoms with Gasteiger partial charge in [-0.3, -0.25) is 0 Å². The smallest absolute Gasteiger partial charge is 0.0946 e. The second kappa shape index (κ2) is 6.75. The fraction of sp³-hybridized carbons (Fsp3) is 0.471. The zero-order valence-corrected chi connectivity index (χ0v) is 14.8. The van der Waals surface area contributed by atoms with Crippen LogP contribution in [0, 0.1) is 12.3 Å².